The summed E-state index contributed by atoms with van der Waals surface area (Å²) in [6.45, 7) is 5.64. The van der Waals surface area contributed by atoms with E-state index in [9.17, 15) is 87.9 Å². The van der Waals surface area contributed by atoms with Crippen LogP contribution in [0.3, 0.4) is 0 Å². The Morgan fingerprint density at radius 2 is 1.09 bits per heavy atom. The van der Waals surface area contributed by atoms with Gasteiger partial charge in [-0.05, 0) is 104 Å². The fourth-order valence-corrected chi connectivity index (χ4v) is 11.4. The number of imidazole rings is 1. The van der Waals surface area contributed by atoms with Gasteiger partial charge in [-0.3, -0.25) is 62.3 Å². The molecule has 0 radical (unpaired) electrons. The van der Waals surface area contributed by atoms with Gasteiger partial charge in [-0.15, -0.1) is 0 Å². The standard InChI is InChI=1S/C74H90F2N14O18/c1-7-44-14-9-11-16-49(44)46-25-21-43(22-26-46)30-56(68(103)84-55(64(78)99)29-42-19-23-45(24-20-42)48-15-10-8-13-38(48)2)85-69(104)57(32-61(97)98)86-70(105)58(36-91)87-71(106)62(40(4)92)89-73(108)74(6,33-50-51(75)17-12-18-52(50)76)90-72(107)63(41(5)93)88-59(94)35-80-67(102)54(27-28-60(95)96)83-65(100)39(3)82-66(101)53(77)31-47-34-79-37-81-47/h8-26,34,37,39-41,53-58,62-63,91-93H,7,27-33,35-36,77H2,1-6H3,(H2,78,99)(H,79,81)(H,80,102)(H,82,101)(H,83,100)(H,84,103)(H,85,104)(H,86,105)(H,87,106)(H,88,94)(H,89,108)(H,90,107)(H,95,96)(H,97,98)/t39-,40+,41+,53-,54-,55-,56-,57-,58-,62-,63-,74-/m0/s1. The Labute approximate surface area is 619 Å². The molecule has 0 aliphatic heterocycles. The number of H-pyrrole nitrogens is 1. The van der Waals surface area contributed by atoms with Gasteiger partial charge in [-0.25, -0.2) is 13.8 Å². The second-order valence-electron chi connectivity index (χ2n) is 26.1. The molecular weight excluding hydrogens is 1410 g/mol. The summed E-state index contributed by atoms with van der Waals surface area (Å²) in [7, 11) is 0. The molecule has 20 N–H and O–H groups in total. The lowest BCUT2D eigenvalue weighted by Gasteiger charge is -2.34. The lowest BCUT2D eigenvalue weighted by molar-refractivity contribution is -0.142. The predicted molar refractivity (Wildman–Crippen MR) is 385 cm³/mol. The molecule has 0 spiro atoms. The van der Waals surface area contributed by atoms with Crippen LogP contribution in [-0.4, -0.2) is 198 Å². The molecule has 0 aliphatic rings. The fraction of sp³-hybridized carbons (Fsp3) is 0.378. The van der Waals surface area contributed by atoms with E-state index in [2.05, 4.69) is 63.1 Å². The number of aromatic amines is 1. The van der Waals surface area contributed by atoms with Crippen LogP contribution in [0.15, 0.2) is 128 Å². The van der Waals surface area contributed by atoms with Crippen LogP contribution in [0.5, 0.6) is 0 Å². The Morgan fingerprint density at radius 1 is 0.565 bits per heavy atom. The summed E-state index contributed by atoms with van der Waals surface area (Å²) in [6.07, 6.45) is -4.31. The number of hydrogen-bond acceptors (Lipinski definition) is 18. The molecule has 34 heteroatoms. The highest BCUT2D eigenvalue weighted by molar-refractivity contribution is 6.00. The molecule has 1 heterocycles. The summed E-state index contributed by atoms with van der Waals surface area (Å²) in [5, 5.41) is 74.4. The first-order chi connectivity index (χ1) is 51.1. The molecule has 5 aromatic carbocycles. The van der Waals surface area contributed by atoms with Gasteiger partial charge in [0, 0.05) is 49.6 Å². The summed E-state index contributed by atoms with van der Waals surface area (Å²) in [5.74, 6) is -18.9. The summed E-state index contributed by atoms with van der Waals surface area (Å²) < 4.78 is 31.0. The van der Waals surface area contributed by atoms with Gasteiger partial charge in [0.1, 0.15) is 65.5 Å². The van der Waals surface area contributed by atoms with Crippen molar-refractivity contribution in [2.24, 2.45) is 11.5 Å². The van der Waals surface area contributed by atoms with Gasteiger partial charge in [-0.2, -0.15) is 0 Å². The second-order valence-corrected chi connectivity index (χ2v) is 26.1. The number of halogens is 2. The molecule has 0 unspecified atom stereocenters. The normalized spacial score (nSPS) is 14.7. The molecule has 108 heavy (non-hydrogen) atoms. The maximum atomic E-state index is 15.5. The minimum absolute atomic E-state index is 0.00616. The fourth-order valence-electron chi connectivity index (χ4n) is 11.4. The molecule has 0 aliphatic carbocycles. The molecule has 0 fully saturated rings. The number of aliphatic hydroxyl groups excluding tert-OH is 3. The zero-order chi connectivity index (χ0) is 79.7. The molecule has 6 aromatic rings. The van der Waals surface area contributed by atoms with Crippen molar-refractivity contribution in [2.45, 2.75) is 165 Å². The van der Waals surface area contributed by atoms with Crippen molar-refractivity contribution < 1.29 is 96.6 Å². The highest BCUT2D eigenvalue weighted by Crippen LogP contribution is 2.27. The van der Waals surface area contributed by atoms with E-state index in [0.717, 1.165) is 72.4 Å². The number of nitrogens with one attached hydrogen (secondary N) is 11. The van der Waals surface area contributed by atoms with Crippen molar-refractivity contribution in [1.82, 2.24) is 63.1 Å². The second kappa shape index (κ2) is 40.0. The molecular formula is C74H90F2N14O18. The Kier molecular flexibility index (Phi) is 31.5. The van der Waals surface area contributed by atoms with Gasteiger partial charge in [0.2, 0.25) is 65.0 Å². The van der Waals surface area contributed by atoms with Crippen molar-refractivity contribution in [2.75, 3.05) is 13.2 Å². The van der Waals surface area contributed by atoms with Crippen LogP contribution in [0.1, 0.15) is 87.4 Å². The molecule has 12 atom stereocenters. The Balaban J connectivity index is 1.17. The van der Waals surface area contributed by atoms with E-state index in [1.807, 2.05) is 74.5 Å². The number of nitrogens with two attached hydrogens (primary N) is 2. The average molecular weight is 1500 g/mol. The number of carbonyl (C=O) groups is 13. The quantitative estimate of drug-likeness (QED) is 0.0218. The van der Waals surface area contributed by atoms with Gasteiger partial charge in [0.05, 0.1) is 44.1 Å². The molecule has 32 nitrogen and oxygen atoms in total. The SMILES string of the molecule is CCc1ccccc1-c1ccc(C[C@H](NC(=O)[C@H](CC(=O)O)NC(=O)[C@H](CO)NC(=O)[C@@H](NC(=O)[C@](C)(Cc2c(F)cccc2F)NC(=O)[C@@H](NC(=O)CNC(=O)[C@H](CCC(=O)O)NC(=O)[C@H](C)NC(=O)[C@@H](N)Cc2cnc[nH]2)[C@@H](C)O)[C@@H](C)O)C(=O)N[C@@H](Cc2ccc(-c3ccccc3C)cc2)C(N)=O)cc1. The van der Waals surface area contributed by atoms with Crippen molar-refractivity contribution >= 4 is 76.9 Å². The highest BCUT2D eigenvalue weighted by Gasteiger charge is 2.43. The first kappa shape index (κ1) is 85.1. The number of benzene rings is 5. The van der Waals surface area contributed by atoms with Gasteiger partial charge in [-0.1, -0.05) is 110 Å². The minimum atomic E-state index is -2.67. The van der Waals surface area contributed by atoms with Crippen molar-refractivity contribution in [3.8, 4) is 22.3 Å². The highest BCUT2D eigenvalue weighted by atomic mass is 19.1. The first-order valence-corrected chi connectivity index (χ1v) is 34.3. The average Bonchev–Trinajstić information content (AvgIpc) is 0.992. The maximum absolute atomic E-state index is 15.5. The third kappa shape index (κ3) is 24.9. The number of carboxylic acid groups (broad SMARTS) is 2. The van der Waals surface area contributed by atoms with E-state index >= 15 is 8.78 Å². The molecule has 0 saturated carbocycles. The number of nitrogens with zero attached hydrogens (tertiary/aromatic N) is 1. The van der Waals surface area contributed by atoms with Gasteiger partial charge in [0.25, 0.3) is 0 Å². The molecule has 6 rings (SSSR count). The van der Waals surface area contributed by atoms with Crippen molar-refractivity contribution in [3.63, 3.8) is 0 Å². The Bertz CT molecular complexity index is 4180. The van der Waals surface area contributed by atoms with Crippen molar-refractivity contribution in [3.05, 3.63) is 173 Å². The van der Waals surface area contributed by atoms with E-state index < -0.39 is 205 Å². The number of carbonyl (C=O) groups excluding carboxylic acids is 11. The van der Waals surface area contributed by atoms with E-state index in [4.69, 9.17) is 11.5 Å². The molecule has 578 valence electrons. The van der Waals surface area contributed by atoms with Crippen LogP contribution in [0.4, 0.5) is 8.78 Å². The number of aliphatic carboxylic acids is 2. The predicted octanol–water partition coefficient (Wildman–Crippen LogP) is -1.04. The van der Waals surface area contributed by atoms with E-state index in [-0.39, 0.29) is 19.3 Å². The number of aliphatic hydroxyl groups is 3. The third-order valence-corrected chi connectivity index (χ3v) is 17.5. The lowest BCUT2D eigenvalue weighted by Crippen LogP contribution is -2.67. The monoisotopic (exact) mass is 1500 g/mol. The zero-order valence-corrected chi connectivity index (χ0v) is 59.9. The van der Waals surface area contributed by atoms with Gasteiger partial charge < -0.3 is 95.2 Å². The molecule has 0 saturated heterocycles. The third-order valence-electron chi connectivity index (χ3n) is 17.5. The lowest BCUT2D eigenvalue weighted by atomic mass is 9.89. The Morgan fingerprint density at radius 3 is 1.65 bits per heavy atom. The summed E-state index contributed by atoms with van der Waals surface area (Å²) in [4.78, 5) is 183. The van der Waals surface area contributed by atoms with E-state index in [1.54, 1.807) is 36.4 Å². The van der Waals surface area contributed by atoms with Gasteiger partial charge in [0.15, 0.2) is 0 Å². The van der Waals surface area contributed by atoms with E-state index in [1.165, 1.54) is 19.4 Å². The number of primary amides is 1. The first-order valence-electron chi connectivity index (χ1n) is 34.3. The number of carboxylic acids is 2. The number of hydrogen-bond donors (Lipinski definition) is 18. The smallest absolute Gasteiger partial charge is 0.305 e. The van der Waals surface area contributed by atoms with Crippen LogP contribution in [0.25, 0.3) is 22.3 Å². The molecule has 1 aromatic heterocycles. The largest absolute Gasteiger partial charge is 0.481 e. The molecule has 11 amide bonds. The van der Waals surface area contributed by atoms with Crippen molar-refractivity contribution in [1.29, 1.82) is 0 Å². The topological polar surface area (TPSA) is 524 Å². The zero-order valence-electron chi connectivity index (χ0n) is 59.9. The number of aryl methyl sites for hydroxylation is 2. The summed E-state index contributed by atoms with van der Waals surface area (Å²) in [6, 6.07) is 16.3. The summed E-state index contributed by atoms with van der Waals surface area (Å²) >= 11 is 0. The minimum Gasteiger partial charge on any atom is -0.481 e. The number of rotatable bonds is 40. The summed E-state index contributed by atoms with van der Waals surface area (Å²) in [5.41, 5.74) is 15.5. The van der Waals surface area contributed by atoms with Crippen LogP contribution in [-0.2, 0) is 94.4 Å². The van der Waals surface area contributed by atoms with E-state index in [0.29, 0.717) is 23.2 Å². The van der Waals surface area contributed by atoms with Crippen LogP contribution >= 0.6 is 0 Å². The maximum Gasteiger partial charge on any atom is 0.305 e. The van der Waals surface area contributed by atoms with Crippen LogP contribution in [0, 0.1) is 18.6 Å². The van der Waals surface area contributed by atoms with Crippen LogP contribution < -0.4 is 64.6 Å². The molecule has 0 bridgehead atoms. The number of aromatic nitrogens is 2. The Hall–Kier alpha value is -11.9. The number of amides is 11. The van der Waals surface area contributed by atoms with Gasteiger partial charge >= 0.3 is 11.9 Å². The van der Waals surface area contributed by atoms with Crippen LogP contribution in [0.2, 0.25) is 0 Å².